The summed E-state index contributed by atoms with van der Waals surface area (Å²) in [7, 11) is 0. The van der Waals surface area contributed by atoms with Gasteiger partial charge in [-0.05, 0) is 36.8 Å². The lowest BCUT2D eigenvalue weighted by Crippen LogP contribution is -2.52. The molecular formula is C16H20N2OS. The number of thiophene rings is 1. The molecule has 0 saturated carbocycles. The van der Waals surface area contributed by atoms with Gasteiger partial charge in [0.15, 0.2) is 0 Å². The quantitative estimate of drug-likeness (QED) is 0.823. The Labute approximate surface area is 123 Å². The number of amides is 1. The van der Waals surface area contributed by atoms with Gasteiger partial charge in [-0.3, -0.25) is 10.1 Å². The summed E-state index contributed by atoms with van der Waals surface area (Å²) in [6.07, 6.45) is 1.52. The lowest BCUT2D eigenvalue weighted by Gasteiger charge is -2.27. The zero-order chi connectivity index (χ0) is 14.4. The third kappa shape index (κ3) is 3.92. The molecule has 0 aliphatic rings. The Bertz CT molecular complexity index is 539. The molecule has 20 heavy (non-hydrogen) atoms. The Balaban J connectivity index is 1.96. The van der Waals surface area contributed by atoms with E-state index in [0.29, 0.717) is 13.0 Å². The van der Waals surface area contributed by atoms with E-state index in [2.05, 4.69) is 23.5 Å². The van der Waals surface area contributed by atoms with Crippen LogP contribution in [0.3, 0.4) is 0 Å². The Morgan fingerprint density at radius 3 is 2.60 bits per heavy atom. The van der Waals surface area contributed by atoms with Crippen LogP contribution >= 0.6 is 11.3 Å². The summed E-state index contributed by atoms with van der Waals surface area (Å²) in [6.45, 7) is 2.55. The number of carbonyl (C=O) groups is 1. The molecule has 0 fully saturated rings. The van der Waals surface area contributed by atoms with Crippen molar-refractivity contribution < 1.29 is 4.79 Å². The van der Waals surface area contributed by atoms with Crippen LogP contribution in [0.2, 0.25) is 0 Å². The molecule has 0 radical (unpaired) electrons. The van der Waals surface area contributed by atoms with Crippen molar-refractivity contribution in [3.8, 4) is 0 Å². The van der Waals surface area contributed by atoms with E-state index in [1.165, 1.54) is 10.4 Å². The number of hydrogen-bond donors (Lipinski definition) is 2. The van der Waals surface area contributed by atoms with Gasteiger partial charge in [-0.2, -0.15) is 0 Å². The number of carbonyl (C=O) groups excluding carboxylic acids is 1. The van der Waals surface area contributed by atoms with Crippen molar-refractivity contribution in [1.29, 1.82) is 0 Å². The van der Waals surface area contributed by atoms with E-state index in [9.17, 15) is 4.79 Å². The van der Waals surface area contributed by atoms with E-state index in [4.69, 9.17) is 5.73 Å². The summed E-state index contributed by atoms with van der Waals surface area (Å²) in [4.78, 5) is 13.0. The zero-order valence-corrected chi connectivity index (χ0v) is 12.5. The molecule has 106 valence electrons. The minimum absolute atomic E-state index is 0.301. The fourth-order valence-corrected chi connectivity index (χ4v) is 2.68. The first-order valence-electron chi connectivity index (χ1n) is 6.71. The molecule has 1 amide bonds. The lowest BCUT2D eigenvalue weighted by molar-refractivity contribution is -0.124. The normalized spacial score (nSPS) is 13.8. The van der Waals surface area contributed by atoms with Crippen LogP contribution in [0.4, 0.5) is 0 Å². The van der Waals surface area contributed by atoms with Crippen molar-refractivity contribution in [2.24, 2.45) is 5.73 Å². The van der Waals surface area contributed by atoms with Crippen LogP contribution in [-0.2, 0) is 17.8 Å². The molecule has 2 aromatic rings. The van der Waals surface area contributed by atoms with E-state index in [1.54, 1.807) is 11.3 Å². The minimum atomic E-state index is -0.681. The first kappa shape index (κ1) is 14.8. The summed E-state index contributed by atoms with van der Waals surface area (Å²) in [5.41, 5.74) is 6.12. The second-order valence-corrected chi connectivity index (χ2v) is 6.15. The largest absolute Gasteiger partial charge is 0.368 e. The van der Waals surface area contributed by atoms with Crippen molar-refractivity contribution in [3.63, 3.8) is 0 Å². The van der Waals surface area contributed by atoms with Gasteiger partial charge in [0.1, 0.15) is 0 Å². The predicted molar refractivity (Wildman–Crippen MR) is 83.5 cm³/mol. The fraction of sp³-hybridized carbons (Fsp3) is 0.312. The summed E-state index contributed by atoms with van der Waals surface area (Å²) in [5.74, 6) is -0.301. The minimum Gasteiger partial charge on any atom is -0.368 e. The number of hydrogen-bond acceptors (Lipinski definition) is 3. The van der Waals surface area contributed by atoms with Gasteiger partial charge in [0.05, 0.1) is 5.54 Å². The highest BCUT2D eigenvalue weighted by Crippen LogP contribution is 2.16. The van der Waals surface area contributed by atoms with Gasteiger partial charge in [-0.1, -0.05) is 36.4 Å². The fourth-order valence-electron chi connectivity index (χ4n) is 2.03. The third-order valence-electron chi connectivity index (χ3n) is 3.53. The smallest absolute Gasteiger partial charge is 0.237 e. The van der Waals surface area contributed by atoms with Crippen molar-refractivity contribution in [2.45, 2.75) is 31.8 Å². The topological polar surface area (TPSA) is 55.1 Å². The van der Waals surface area contributed by atoms with Crippen LogP contribution in [0.15, 0.2) is 47.8 Å². The lowest BCUT2D eigenvalue weighted by atomic mass is 9.92. The maximum absolute atomic E-state index is 11.8. The predicted octanol–water partition coefficient (Wildman–Crippen LogP) is 2.71. The number of aryl methyl sites for hydroxylation is 1. The van der Waals surface area contributed by atoms with Crippen LogP contribution < -0.4 is 11.1 Å². The third-order valence-corrected chi connectivity index (χ3v) is 4.41. The molecule has 3 nitrogen and oxygen atoms in total. The summed E-state index contributed by atoms with van der Waals surface area (Å²) >= 11 is 1.68. The summed E-state index contributed by atoms with van der Waals surface area (Å²) in [6, 6.07) is 14.2. The molecule has 1 heterocycles. The zero-order valence-electron chi connectivity index (χ0n) is 11.6. The molecule has 0 bridgehead atoms. The van der Waals surface area contributed by atoms with Gasteiger partial charge in [-0.15, -0.1) is 11.3 Å². The molecule has 1 unspecified atom stereocenters. The van der Waals surface area contributed by atoms with Crippen molar-refractivity contribution in [1.82, 2.24) is 5.32 Å². The van der Waals surface area contributed by atoms with Gasteiger partial charge in [0.25, 0.3) is 0 Å². The van der Waals surface area contributed by atoms with Gasteiger partial charge >= 0.3 is 0 Å². The van der Waals surface area contributed by atoms with E-state index in [-0.39, 0.29) is 5.91 Å². The van der Waals surface area contributed by atoms with Crippen LogP contribution in [-0.4, -0.2) is 11.4 Å². The van der Waals surface area contributed by atoms with Gasteiger partial charge in [0, 0.05) is 11.4 Å². The van der Waals surface area contributed by atoms with Crippen molar-refractivity contribution in [2.75, 3.05) is 0 Å². The van der Waals surface area contributed by atoms with Crippen molar-refractivity contribution >= 4 is 17.2 Å². The summed E-state index contributed by atoms with van der Waals surface area (Å²) < 4.78 is 0. The molecular weight excluding hydrogens is 268 g/mol. The van der Waals surface area contributed by atoms with Gasteiger partial charge in [0.2, 0.25) is 5.91 Å². The number of rotatable bonds is 7. The highest BCUT2D eigenvalue weighted by atomic mass is 32.1. The molecule has 3 N–H and O–H groups in total. The maximum Gasteiger partial charge on any atom is 0.237 e. The highest BCUT2D eigenvalue weighted by molar-refractivity contribution is 7.09. The Hall–Kier alpha value is -1.65. The molecule has 1 aromatic carbocycles. The second-order valence-electron chi connectivity index (χ2n) is 5.11. The Kier molecular flexibility index (Phi) is 4.93. The van der Waals surface area contributed by atoms with E-state index in [0.717, 1.165) is 6.42 Å². The van der Waals surface area contributed by atoms with E-state index >= 15 is 0 Å². The van der Waals surface area contributed by atoms with Crippen LogP contribution in [0.5, 0.6) is 0 Å². The number of nitrogens with two attached hydrogens (primary N) is 1. The van der Waals surface area contributed by atoms with Crippen LogP contribution in [0.25, 0.3) is 0 Å². The van der Waals surface area contributed by atoms with Crippen molar-refractivity contribution in [3.05, 3.63) is 58.3 Å². The molecule has 1 aromatic heterocycles. The number of primary amides is 1. The standard InChI is InChI=1S/C16H20N2OS/c1-16(15(17)19,18-12-14-8-5-11-20-14)10-9-13-6-3-2-4-7-13/h2-8,11,18H,9-10,12H2,1H3,(H2,17,19). The van der Waals surface area contributed by atoms with Gasteiger partial charge < -0.3 is 5.73 Å². The van der Waals surface area contributed by atoms with Gasteiger partial charge in [-0.25, -0.2) is 0 Å². The molecule has 0 saturated heterocycles. The Morgan fingerprint density at radius 1 is 1.25 bits per heavy atom. The molecule has 2 rings (SSSR count). The number of benzene rings is 1. The second kappa shape index (κ2) is 6.68. The molecule has 1 atom stereocenters. The first-order chi connectivity index (χ1) is 9.60. The van der Waals surface area contributed by atoms with E-state index < -0.39 is 5.54 Å². The molecule has 4 heteroatoms. The first-order valence-corrected chi connectivity index (χ1v) is 7.59. The summed E-state index contributed by atoms with van der Waals surface area (Å²) in [5, 5.41) is 5.33. The molecule has 0 aliphatic carbocycles. The SMILES string of the molecule is CC(CCc1ccccc1)(NCc1cccs1)C(N)=O. The van der Waals surface area contributed by atoms with Crippen LogP contribution in [0.1, 0.15) is 23.8 Å². The van der Waals surface area contributed by atoms with Crippen LogP contribution in [0, 0.1) is 0 Å². The monoisotopic (exact) mass is 288 g/mol. The maximum atomic E-state index is 11.8. The highest BCUT2D eigenvalue weighted by Gasteiger charge is 2.30. The Morgan fingerprint density at radius 2 is 2.00 bits per heavy atom. The average Bonchev–Trinajstić information content (AvgIpc) is 2.97. The molecule has 0 spiro atoms. The van der Waals surface area contributed by atoms with E-state index in [1.807, 2.05) is 36.6 Å². The number of nitrogens with one attached hydrogen (secondary N) is 1. The average molecular weight is 288 g/mol. The molecule has 0 aliphatic heterocycles.